The summed E-state index contributed by atoms with van der Waals surface area (Å²) in [6.45, 7) is 5.09. The lowest BCUT2D eigenvalue weighted by molar-refractivity contribution is -0.150. The molecule has 6 nitrogen and oxygen atoms in total. The van der Waals surface area contributed by atoms with E-state index in [1.807, 2.05) is 13.0 Å². The predicted molar refractivity (Wildman–Crippen MR) is 70.2 cm³/mol. The van der Waals surface area contributed by atoms with Gasteiger partial charge in [-0.25, -0.2) is 14.8 Å². The topological polar surface area (TPSA) is 75.5 Å². The molecule has 1 aliphatic heterocycles. The Bertz CT molecular complexity index is 458. The summed E-state index contributed by atoms with van der Waals surface area (Å²) in [4.78, 5) is 21.0. The summed E-state index contributed by atoms with van der Waals surface area (Å²) >= 11 is 0. The van der Waals surface area contributed by atoms with Crippen molar-refractivity contribution >= 4 is 11.8 Å². The fourth-order valence-corrected chi connectivity index (χ4v) is 2.20. The summed E-state index contributed by atoms with van der Waals surface area (Å²) in [5, 5.41) is 8.62. The van der Waals surface area contributed by atoms with Crippen LogP contribution in [-0.4, -0.2) is 46.3 Å². The summed E-state index contributed by atoms with van der Waals surface area (Å²) in [6.07, 6.45) is 3.57. The molecule has 0 unspecified atom stereocenters. The maximum atomic E-state index is 10.5. The molecule has 104 valence electrons. The maximum Gasteiger partial charge on any atom is 0.329 e. The van der Waals surface area contributed by atoms with Crippen molar-refractivity contribution in [2.45, 2.75) is 32.3 Å². The standard InChI is InChI=1S/C13H19N3O3/c1-3-4-10-5-11(15-9-14-10)16-7-13(2,8-16)19-6-12(17)18/h5,9H,3-4,6-8H2,1-2H3,(H,17,18). The number of ether oxygens (including phenoxy) is 1. The molecule has 0 saturated carbocycles. The van der Waals surface area contributed by atoms with Crippen LogP contribution in [0.25, 0.3) is 0 Å². The van der Waals surface area contributed by atoms with Gasteiger partial charge in [-0.15, -0.1) is 0 Å². The largest absolute Gasteiger partial charge is 0.480 e. The van der Waals surface area contributed by atoms with E-state index >= 15 is 0 Å². The summed E-state index contributed by atoms with van der Waals surface area (Å²) in [6, 6.07) is 1.99. The Morgan fingerprint density at radius 1 is 1.53 bits per heavy atom. The molecule has 0 bridgehead atoms. The second-order valence-electron chi connectivity index (χ2n) is 5.11. The fourth-order valence-electron chi connectivity index (χ4n) is 2.20. The zero-order valence-electron chi connectivity index (χ0n) is 11.3. The van der Waals surface area contributed by atoms with E-state index in [1.165, 1.54) is 0 Å². The minimum absolute atomic E-state index is 0.255. The van der Waals surface area contributed by atoms with Crippen molar-refractivity contribution in [3.63, 3.8) is 0 Å². The van der Waals surface area contributed by atoms with Gasteiger partial charge in [-0.1, -0.05) is 13.3 Å². The van der Waals surface area contributed by atoms with Crippen LogP contribution in [0.15, 0.2) is 12.4 Å². The SMILES string of the molecule is CCCc1cc(N2CC(C)(OCC(=O)O)C2)ncn1. The normalized spacial score (nSPS) is 17.1. The first kappa shape index (κ1) is 13.7. The highest BCUT2D eigenvalue weighted by atomic mass is 16.5. The van der Waals surface area contributed by atoms with Gasteiger partial charge < -0.3 is 14.7 Å². The number of anilines is 1. The smallest absolute Gasteiger partial charge is 0.329 e. The molecule has 0 spiro atoms. The summed E-state index contributed by atoms with van der Waals surface area (Å²) in [7, 11) is 0. The number of rotatable bonds is 6. The average molecular weight is 265 g/mol. The van der Waals surface area contributed by atoms with Gasteiger partial charge in [-0.2, -0.15) is 0 Å². The van der Waals surface area contributed by atoms with Gasteiger partial charge in [-0.3, -0.25) is 0 Å². The quantitative estimate of drug-likeness (QED) is 0.830. The van der Waals surface area contributed by atoms with Gasteiger partial charge in [0.2, 0.25) is 0 Å². The van der Waals surface area contributed by atoms with Crippen LogP contribution in [0.5, 0.6) is 0 Å². The Labute approximate surface area is 112 Å². The highest BCUT2D eigenvalue weighted by Crippen LogP contribution is 2.29. The summed E-state index contributed by atoms with van der Waals surface area (Å²) < 4.78 is 5.37. The third-order valence-electron chi connectivity index (χ3n) is 3.13. The third kappa shape index (κ3) is 3.41. The molecule has 1 fully saturated rings. The van der Waals surface area contributed by atoms with E-state index in [1.54, 1.807) is 6.33 Å². The molecule has 1 aliphatic rings. The molecule has 1 aromatic rings. The van der Waals surface area contributed by atoms with Gasteiger partial charge >= 0.3 is 5.97 Å². The number of aromatic nitrogens is 2. The summed E-state index contributed by atoms with van der Waals surface area (Å²) in [5.41, 5.74) is 0.640. The van der Waals surface area contributed by atoms with Gasteiger partial charge in [-0.05, 0) is 13.3 Å². The van der Waals surface area contributed by atoms with Crippen LogP contribution in [0.4, 0.5) is 5.82 Å². The van der Waals surface area contributed by atoms with Gasteiger partial charge in [0.1, 0.15) is 24.4 Å². The predicted octanol–water partition coefficient (Wildman–Crippen LogP) is 1.11. The molecular formula is C13H19N3O3. The van der Waals surface area contributed by atoms with E-state index in [2.05, 4.69) is 21.8 Å². The van der Waals surface area contributed by atoms with Crippen LogP contribution >= 0.6 is 0 Å². The number of aryl methyl sites for hydroxylation is 1. The van der Waals surface area contributed by atoms with E-state index < -0.39 is 11.6 Å². The lowest BCUT2D eigenvalue weighted by Crippen LogP contribution is -2.62. The van der Waals surface area contributed by atoms with Gasteiger partial charge in [0.15, 0.2) is 0 Å². The number of carboxylic acids is 1. The lowest BCUT2D eigenvalue weighted by atomic mass is 9.96. The lowest BCUT2D eigenvalue weighted by Gasteiger charge is -2.47. The third-order valence-corrected chi connectivity index (χ3v) is 3.13. The molecule has 2 rings (SSSR count). The van der Waals surface area contributed by atoms with Crippen molar-refractivity contribution in [3.05, 3.63) is 18.1 Å². The molecule has 1 saturated heterocycles. The van der Waals surface area contributed by atoms with Crippen LogP contribution in [0, 0.1) is 0 Å². The number of carbonyl (C=O) groups is 1. The van der Waals surface area contributed by atoms with Crippen LogP contribution < -0.4 is 4.90 Å². The average Bonchev–Trinajstić information content (AvgIpc) is 2.34. The van der Waals surface area contributed by atoms with Crippen molar-refractivity contribution < 1.29 is 14.6 Å². The highest BCUT2D eigenvalue weighted by Gasteiger charge is 2.41. The number of aliphatic carboxylic acids is 1. The van der Waals surface area contributed by atoms with Gasteiger partial charge in [0.05, 0.1) is 0 Å². The minimum Gasteiger partial charge on any atom is -0.480 e. The van der Waals surface area contributed by atoms with E-state index in [0.29, 0.717) is 13.1 Å². The second-order valence-corrected chi connectivity index (χ2v) is 5.11. The molecule has 0 atom stereocenters. The molecule has 2 heterocycles. The van der Waals surface area contributed by atoms with Crippen LogP contribution in [-0.2, 0) is 16.0 Å². The van der Waals surface area contributed by atoms with E-state index in [4.69, 9.17) is 9.84 Å². The van der Waals surface area contributed by atoms with Crippen LogP contribution in [0.2, 0.25) is 0 Å². The maximum absolute atomic E-state index is 10.5. The number of hydrogen-bond acceptors (Lipinski definition) is 5. The number of hydrogen-bond donors (Lipinski definition) is 1. The van der Waals surface area contributed by atoms with Crippen molar-refractivity contribution in [2.75, 3.05) is 24.6 Å². The zero-order valence-corrected chi connectivity index (χ0v) is 11.3. The van der Waals surface area contributed by atoms with E-state index in [-0.39, 0.29) is 6.61 Å². The van der Waals surface area contributed by atoms with Gasteiger partial charge in [0.25, 0.3) is 0 Å². The molecule has 0 aliphatic carbocycles. The summed E-state index contributed by atoms with van der Waals surface area (Å²) in [5.74, 6) is -0.0539. The first-order valence-corrected chi connectivity index (χ1v) is 6.44. The highest BCUT2D eigenvalue weighted by molar-refractivity contribution is 5.68. The van der Waals surface area contributed by atoms with E-state index in [0.717, 1.165) is 24.4 Å². The van der Waals surface area contributed by atoms with Crippen molar-refractivity contribution in [2.24, 2.45) is 0 Å². The fraction of sp³-hybridized carbons (Fsp3) is 0.615. The van der Waals surface area contributed by atoms with Crippen molar-refractivity contribution in [1.82, 2.24) is 9.97 Å². The molecule has 6 heteroatoms. The van der Waals surface area contributed by atoms with Crippen LogP contribution in [0.1, 0.15) is 26.0 Å². The zero-order chi connectivity index (χ0) is 13.9. The molecule has 19 heavy (non-hydrogen) atoms. The molecule has 1 N–H and O–H groups in total. The molecule has 1 aromatic heterocycles. The first-order valence-electron chi connectivity index (χ1n) is 6.44. The number of carboxylic acid groups (broad SMARTS) is 1. The Balaban J connectivity index is 1.92. The van der Waals surface area contributed by atoms with Crippen molar-refractivity contribution in [1.29, 1.82) is 0 Å². The Hall–Kier alpha value is -1.69. The Morgan fingerprint density at radius 2 is 2.26 bits per heavy atom. The monoisotopic (exact) mass is 265 g/mol. The Morgan fingerprint density at radius 3 is 2.89 bits per heavy atom. The molecule has 0 aromatic carbocycles. The Kier molecular flexibility index (Phi) is 3.99. The van der Waals surface area contributed by atoms with Gasteiger partial charge in [0, 0.05) is 24.8 Å². The number of nitrogens with zero attached hydrogens (tertiary/aromatic N) is 3. The minimum atomic E-state index is -0.938. The molecule has 0 amide bonds. The second kappa shape index (κ2) is 5.52. The van der Waals surface area contributed by atoms with Crippen LogP contribution in [0.3, 0.4) is 0 Å². The van der Waals surface area contributed by atoms with E-state index in [9.17, 15) is 4.79 Å². The molecule has 0 radical (unpaired) electrons. The first-order chi connectivity index (χ1) is 9.02. The molecular weight excluding hydrogens is 246 g/mol. The van der Waals surface area contributed by atoms with Crippen molar-refractivity contribution in [3.8, 4) is 0 Å².